The standard InChI is InChI=1S/C10H13ClN2O3S/c1-6(2)13-10(14)7-3-4-8(11)9(5-7)17(12,15)16/h3-6H,1-2H3,(H,13,14)(H2,12,15,16). The minimum Gasteiger partial charge on any atom is -0.350 e. The number of nitrogens with one attached hydrogen (secondary N) is 1. The molecule has 0 radical (unpaired) electrons. The summed E-state index contributed by atoms with van der Waals surface area (Å²) < 4.78 is 22.4. The third-order valence-corrected chi connectivity index (χ3v) is 3.31. The Bertz CT molecular complexity index is 540. The molecule has 1 amide bonds. The van der Waals surface area contributed by atoms with Crippen LogP contribution in [0.4, 0.5) is 0 Å². The smallest absolute Gasteiger partial charge is 0.251 e. The summed E-state index contributed by atoms with van der Waals surface area (Å²) in [7, 11) is -3.93. The van der Waals surface area contributed by atoms with Crippen LogP contribution in [0.5, 0.6) is 0 Å². The molecule has 94 valence electrons. The molecule has 0 fully saturated rings. The van der Waals surface area contributed by atoms with Crippen LogP contribution in [0.2, 0.25) is 5.02 Å². The fourth-order valence-electron chi connectivity index (χ4n) is 1.21. The number of rotatable bonds is 3. The highest BCUT2D eigenvalue weighted by molar-refractivity contribution is 7.89. The summed E-state index contributed by atoms with van der Waals surface area (Å²) >= 11 is 5.70. The molecular weight excluding hydrogens is 264 g/mol. The first-order valence-corrected chi connectivity index (χ1v) is 6.77. The lowest BCUT2D eigenvalue weighted by molar-refractivity contribution is 0.0943. The minimum atomic E-state index is -3.93. The van der Waals surface area contributed by atoms with Crippen LogP contribution < -0.4 is 10.5 Å². The Morgan fingerprint density at radius 1 is 1.41 bits per heavy atom. The summed E-state index contributed by atoms with van der Waals surface area (Å²) in [6.07, 6.45) is 0. The number of carbonyl (C=O) groups excluding carboxylic acids is 1. The van der Waals surface area contributed by atoms with Crippen LogP contribution in [0.15, 0.2) is 23.1 Å². The van der Waals surface area contributed by atoms with Crippen molar-refractivity contribution in [3.8, 4) is 0 Å². The highest BCUT2D eigenvalue weighted by Crippen LogP contribution is 2.21. The summed E-state index contributed by atoms with van der Waals surface area (Å²) in [5, 5.41) is 7.62. The predicted molar refractivity (Wildman–Crippen MR) is 65.4 cm³/mol. The van der Waals surface area contributed by atoms with Gasteiger partial charge < -0.3 is 5.32 Å². The summed E-state index contributed by atoms with van der Waals surface area (Å²) in [6, 6.07) is 3.89. The number of primary sulfonamides is 1. The monoisotopic (exact) mass is 276 g/mol. The molecule has 0 saturated carbocycles. The first-order valence-electron chi connectivity index (χ1n) is 4.85. The average molecular weight is 277 g/mol. The normalized spacial score (nSPS) is 11.6. The number of benzene rings is 1. The lowest BCUT2D eigenvalue weighted by Gasteiger charge is -2.09. The molecule has 7 heteroatoms. The maximum Gasteiger partial charge on any atom is 0.251 e. The van der Waals surface area contributed by atoms with E-state index in [2.05, 4.69) is 5.32 Å². The SMILES string of the molecule is CC(C)NC(=O)c1ccc(Cl)c(S(N)(=O)=O)c1. The van der Waals surface area contributed by atoms with Crippen molar-refractivity contribution >= 4 is 27.5 Å². The third kappa shape index (κ3) is 3.69. The van der Waals surface area contributed by atoms with Crippen LogP contribution >= 0.6 is 11.6 Å². The molecule has 17 heavy (non-hydrogen) atoms. The lowest BCUT2D eigenvalue weighted by Crippen LogP contribution is -2.30. The second-order valence-electron chi connectivity index (χ2n) is 3.82. The Morgan fingerprint density at radius 3 is 2.47 bits per heavy atom. The van der Waals surface area contributed by atoms with Crippen molar-refractivity contribution in [2.24, 2.45) is 5.14 Å². The van der Waals surface area contributed by atoms with Gasteiger partial charge in [0.2, 0.25) is 10.0 Å². The molecule has 0 saturated heterocycles. The molecule has 0 bridgehead atoms. The molecule has 0 aliphatic carbocycles. The van der Waals surface area contributed by atoms with Crippen molar-refractivity contribution in [3.05, 3.63) is 28.8 Å². The van der Waals surface area contributed by atoms with E-state index in [1.807, 2.05) is 0 Å². The largest absolute Gasteiger partial charge is 0.350 e. The number of sulfonamides is 1. The van der Waals surface area contributed by atoms with Crippen molar-refractivity contribution in [3.63, 3.8) is 0 Å². The highest BCUT2D eigenvalue weighted by atomic mass is 35.5. The van der Waals surface area contributed by atoms with Gasteiger partial charge in [-0.3, -0.25) is 4.79 Å². The van der Waals surface area contributed by atoms with Gasteiger partial charge in [0.15, 0.2) is 0 Å². The van der Waals surface area contributed by atoms with Gasteiger partial charge in [0.25, 0.3) is 5.91 Å². The molecule has 5 nitrogen and oxygen atoms in total. The number of halogens is 1. The molecule has 0 aliphatic rings. The van der Waals surface area contributed by atoms with Crippen molar-refractivity contribution in [2.75, 3.05) is 0 Å². The molecule has 0 atom stereocenters. The topological polar surface area (TPSA) is 89.3 Å². The van der Waals surface area contributed by atoms with Gasteiger partial charge in [0, 0.05) is 11.6 Å². The fraction of sp³-hybridized carbons (Fsp3) is 0.300. The van der Waals surface area contributed by atoms with Crippen LogP contribution in [0.25, 0.3) is 0 Å². The number of nitrogens with two attached hydrogens (primary N) is 1. The van der Waals surface area contributed by atoms with Gasteiger partial charge in [-0.15, -0.1) is 0 Å². The van der Waals surface area contributed by atoms with Gasteiger partial charge in [-0.25, -0.2) is 13.6 Å². The van der Waals surface area contributed by atoms with Crippen molar-refractivity contribution in [1.29, 1.82) is 0 Å². The van der Waals surface area contributed by atoms with Gasteiger partial charge in [-0.1, -0.05) is 11.6 Å². The summed E-state index contributed by atoms with van der Waals surface area (Å²) in [6.45, 7) is 3.60. The maximum absolute atomic E-state index is 11.7. The predicted octanol–water partition coefficient (Wildman–Crippen LogP) is 1.13. The van der Waals surface area contributed by atoms with Gasteiger partial charge in [-0.2, -0.15) is 0 Å². The molecule has 0 aromatic heterocycles. The number of hydrogen-bond acceptors (Lipinski definition) is 3. The van der Waals surface area contributed by atoms with Gasteiger partial charge in [0.05, 0.1) is 5.02 Å². The zero-order valence-corrected chi connectivity index (χ0v) is 11.0. The molecule has 3 N–H and O–H groups in total. The Kier molecular flexibility index (Phi) is 4.13. The van der Waals surface area contributed by atoms with Crippen molar-refractivity contribution < 1.29 is 13.2 Å². The summed E-state index contributed by atoms with van der Waals surface area (Å²) in [4.78, 5) is 11.4. The van der Waals surface area contributed by atoms with E-state index in [9.17, 15) is 13.2 Å². The van der Waals surface area contributed by atoms with E-state index in [1.54, 1.807) is 13.8 Å². The second-order valence-corrected chi connectivity index (χ2v) is 5.76. The van der Waals surface area contributed by atoms with E-state index in [-0.39, 0.29) is 27.4 Å². The van der Waals surface area contributed by atoms with E-state index in [0.717, 1.165) is 6.07 Å². The van der Waals surface area contributed by atoms with E-state index >= 15 is 0 Å². The Labute approximate surface area is 105 Å². The van der Waals surface area contributed by atoms with Crippen LogP contribution in [0.3, 0.4) is 0 Å². The molecular formula is C10H13ClN2O3S. The third-order valence-electron chi connectivity index (χ3n) is 1.92. The molecule has 0 heterocycles. The number of hydrogen-bond donors (Lipinski definition) is 2. The van der Waals surface area contributed by atoms with Crippen LogP contribution in [0.1, 0.15) is 24.2 Å². The van der Waals surface area contributed by atoms with Crippen molar-refractivity contribution in [1.82, 2.24) is 5.32 Å². The van der Waals surface area contributed by atoms with Crippen LogP contribution in [0, 0.1) is 0 Å². The molecule has 0 unspecified atom stereocenters. The second kappa shape index (κ2) is 5.03. The van der Waals surface area contributed by atoms with E-state index in [0.29, 0.717) is 0 Å². The Hall–Kier alpha value is -1.11. The highest BCUT2D eigenvalue weighted by Gasteiger charge is 2.16. The zero-order valence-electron chi connectivity index (χ0n) is 9.40. The summed E-state index contributed by atoms with van der Waals surface area (Å²) in [5.41, 5.74) is 0.201. The fourth-order valence-corrected chi connectivity index (χ4v) is 2.28. The van der Waals surface area contributed by atoms with E-state index in [1.165, 1.54) is 12.1 Å². The first-order chi connectivity index (χ1) is 7.71. The minimum absolute atomic E-state index is 0.00593. The Morgan fingerprint density at radius 2 is 2.00 bits per heavy atom. The van der Waals surface area contributed by atoms with E-state index in [4.69, 9.17) is 16.7 Å². The maximum atomic E-state index is 11.7. The van der Waals surface area contributed by atoms with Gasteiger partial charge in [0.1, 0.15) is 4.90 Å². The molecule has 1 rings (SSSR count). The van der Waals surface area contributed by atoms with Crippen LogP contribution in [-0.2, 0) is 10.0 Å². The lowest BCUT2D eigenvalue weighted by atomic mass is 10.2. The molecule has 1 aromatic carbocycles. The van der Waals surface area contributed by atoms with Gasteiger partial charge >= 0.3 is 0 Å². The van der Waals surface area contributed by atoms with Crippen molar-refractivity contribution in [2.45, 2.75) is 24.8 Å². The van der Waals surface area contributed by atoms with E-state index < -0.39 is 10.0 Å². The summed E-state index contributed by atoms with van der Waals surface area (Å²) in [5.74, 6) is -0.374. The van der Waals surface area contributed by atoms with Gasteiger partial charge in [-0.05, 0) is 32.0 Å². The zero-order chi connectivity index (χ0) is 13.2. The first kappa shape index (κ1) is 14.0. The number of amides is 1. The average Bonchev–Trinajstić information content (AvgIpc) is 2.15. The quantitative estimate of drug-likeness (QED) is 0.867. The van der Waals surface area contributed by atoms with Crippen LogP contribution in [-0.4, -0.2) is 20.4 Å². The molecule has 1 aromatic rings. The Balaban J connectivity index is 3.18. The molecule has 0 aliphatic heterocycles. The number of carbonyl (C=O) groups is 1. The molecule has 0 spiro atoms.